The number of piperazine rings is 1. The van der Waals surface area contributed by atoms with Gasteiger partial charge in [-0.25, -0.2) is 4.79 Å². The first-order valence-electron chi connectivity index (χ1n) is 11.6. The molecule has 34 heavy (non-hydrogen) atoms. The Kier molecular flexibility index (Phi) is 7.57. The van der Waals surface area contributed by atoms with Crippen molar-refractivity contribution in [2.75, 3.05) is 57.4 Å². The minimum Gasteiger partial charge on any atom is -0.379 e. The van der Waals surface area contributed by atoms with E-state index in [1.165, 1.54) is 0 Å². The second-order valence-corrected chi connectivity index (χ2v) is 10.3. The van der Waals surface area contributed by atoms with Gasteiger partial charge in [0, 0.05) is 67.0 Å². The number of amides is 4. The van der Waals surface area contributed by atoms with Crippen molar-refractivity contribution in [3.8, 4) is 0 Å². The Morgan fingerprint density at radius 2 is 1.82 bits per heavy atom. The Morgan fingerprint density at radius 1 is 1.15 bits per heavy atom. The average molecular weight is 512 g/mol. The lowest BCUT2D eigenvalue weighted by Gasteiger charge is -2.43. The predicted molar refractivity (Wildman–Crippen MR) is 130 cm³/mol. The summed E-state index contributed by atoms with van der Waals surface area (Å²) >= 11 is 12.4. The zero-order chi connectivity index (χ0) is 24.5. The molecule has 2 unspecified atom stereocenters. The highest BCUT2D eigenvalue weighted by atomic mass is 35.5. The molecule has 3 heterocycles. The first-order valence-corrected chi connectivity index (χ1v) is 12.4. The Hall–Kier alpha value is -2.07. The third-order valence-corrected chi connectivity index (χ3v) is 7.24. The van der Waals surface area contributed by atoms with Gasteiger partial charge < -0.3 is 19.9 Å². The molecule has 0 radical (unpaired) electrons. The van der Waals surface area contributed by atoms with Crippen LogP contribution < -0.4 is 15.5 Å². The molecule has 0 aliphatic carbocycles. The molecular formula is C23H31Cl2N5O4. The van der Waals surface area contributed by atoms with Gasteiger partial charge in [-0.3, -0.25) is 19.8 Å². The SMILES string of the molecule is CC(CC1(CN2CCOCC2)NC(=O)NC1=O)C(=O)N1CCN(c2cc(Cl)cc(Cl)c2)[C@@H](C)C1. The third-order valence-electron chi connectivity index (χ3n) is 6.81. The van der Waals surface area contributed by atoms with Crippen molar-refractivity contribution in [2.24, 2.45) is 5.92 Å². The average Bonchev–Trinajstić information content (AvgIpc) is 3.05. The number of morpholine rings is 1. The van der Waals surface area contributed by atoms with E-state index in [-0.39, 0.29) is 24.3 Å². The summed E-state index contributed by atoms with van der Waals surface area (Å²) in [7, 11) is 0. The standard InChI is InChI=1S/C23H31Cl2N5O4/c1-15(12-23(21(32)26-22(33)27-23)14-28-5-7-34-8-6-28)20(31)29-3-4-30(16(2)13-29)19-10-17(24)9-18(25)11-19/h9-11,15-16H,3-8,12-14H2,1-2H3,(H2,26,27,32,33)/t15?,16-,23?/m0/s1. The van der Waals surface area contributed by atoms with Crippen LogP contribution in [0.15, 0.2) is 18.2 Å². The Labute approximate surface area is 209 Å². The first kappa shape index (κ1) is 25.0. The fourth-order valence-electron chi connectivity index (χ4n) is 5.16. The van der Waals surface area contributed by atoms with Crippen molar-refractivity contribution in [1.82, 2.24) is 20.4 Å². The van der Waals surface area contributed by atoms with Crippen LogP contribution in [0.3, 0.4) is 0 Å². The minimum atomic E-state index is -1.13. The molecule has 3 aliphatic heterocycles. The van der Waals surface area contributed by atoms with E-state index in [2.05, 4.69) is 27.4 Å². The number of nitrogens with zero attached hydrogens (tertiary/aromatic N) is 3. The molecule has 0 bridgehead atoms. The van der Waals surface area contributed by atoms with E-state index in [0.29, 0.717) is 62.5 Å². The second kappa shape index (κ2) is 10.3. The molecule has 3 aliphatic rings. The van der Waals surface area contributed by atoms with Crippen LogP contribution in [0, 0.1) is 5.92 Å². The molecule has 1 aromatic carbocycles. The molecular weight excluding hydrogens is 481 g/mol. The van der Waals surface area contributed by atoms with E-state index in [4.69, 9.17) is 27.9 Å². The molecule has 2 N–H and O–H groups in total. The lowest BCUT2D eigenvalue weighted by molar-refractivity contribution is -0.137. The second-order valence-electron chi connectivity index (χ2n) is 9.44. The van der Waals surface area contributed by atoms with Crippen molar-refractivity contribution in [2.45, 2.75) is 31.8 Å². The summed E-state index contributed by atoms with van der Waals surface area (Å²) < 4.78 is 5.40. The fraction of sp³-hybridized carbons (Fsp3) is 0.609. The number of benzene rings is 1. The molecule has 0 spiro atoms. The summed E-state index contributed by atoms with van der Waals surface area (Å²) in [5.41, 5.74) is -0.200. The summed E-state index contributed by atoms with van der Waals surface area (Å²) in [5, 5.41) is 6.32. The van der Waals surface area contributed by atoms with Crippen LogP contribution in [-0.2, 0) is 14.3 Å². The number of hydrogen-bond acceptors (Lipinski definition) is 6. The van der Waals surface area contributed by atoms with Crippen molar-refractivity contribution in [1.29, 1.82) is 0 Å². The molecule has 3 fully saturated rings. The molecule has 9 nitrogen and oxygen atoms in total. The van der Waals surface area contributed by atoms with Crippen molar-refractivity contribution in [3.63, 3.8) is 0 Å². The zero-order valence-electron chi connectivity index (χ0n) is 19.5. The maximum absolute atomic E-state index is 13.4. The Bertz CT molecular complexity index is 937. The van der Waals surface area contributed by atoms with Gasteiger partial charge >= 0.3 is 6.03 Å². The molecule has 3 saturated heterocycles. The van der Waals surface area contributed by atoms with Crippen LogP contribution in [0.5, 0.6) is 0 Å². The van der Waals surface area contributed by atoms with Crippen molar-refractivity contribution in [3.05, 3.63) is 28.2 Å². The molecule has 186 valence electrons. The monoisotopic (exact) mass is 511 g/mol. The number of nitrogens with one attached hydrogen (secondary N) is 2. The smallest absolute Gasteiger partial charge is 0.322 e. The van der Waals surface area contributed by atoms with Gasteiger partial charge in [0.25, 0.3) is 5.91 Å². The van der Waals surface area contributed by atoms with Crippen LogP contribution in [0.2, 0.25) is 10.0 Å². The van der Waals surface area contributed by atoms with E-state index < -0.39 is 17.5 Å². The fourth-order valence-corrected chi connectivity index (χ4v) is 5.67. The number of ether oxygens (including phenoxy) is 1. The van der Waals surface area contributed by atoms with E-state index in [0.717, 1.165) is 5.69 Å². The van der Waals surface area contributed by atoms with Gasteiger partial charge in [0.15, 0.2) is 0 Å². The highest BCUT2D eigenvalue weighted by Gasteiger charge is 2.49. The van der Waals surface area contributed by atoms with Crippen LogP contribution in [0.25, 0.3) is 0 Å². The van der Waals surface area contributed by atoms with Crippen molar-refractivity contribution >= 4 is 46.7 Å². The number of imide groups is 1. The number of anilines is 1. The molecule has 0 aromatic heterocycles. The number of carbonyl (C=O) groups is 3. The van der Waals surface area contributed by atoms with Crippen LogP contribution in [-0.4, -0.2) is 91.7 Å². The van der Waals surface area contributed by atoms with Crippen LogP contribution in [0.4, 0.5) is 10.5 Å². The van der Waals surface area contributed by atoms with E-state index in [1.54, 1.807) is 6.07 Å². The highest BCUT2D eigenvalue weighted by molar-refractivity contribution is 6.35. The Balaban J connectivity index is 1.42. The van der Waals surface area contributed by atoms with Gasteiger partial charge in [-0.15, -0.1) is 0 Å². The quantitative estimate of drug-likeness (QED) is 0.567. The summed E-state index contributed by atoms with van der Waals surface area (Å²) in [6.07, 6.45) is 0.235. The lowest BCUT2D eigenvalue weighted by atomic mass is 9.86. The number of rotatable bonds is 6. The first-order chi connectivity index (χ1) is 16.2. The van der Waals surface area contributed by atoms with Crippen molar-refractivity contribution < 1.29 is 19.1 Å². The van der Waals surface area contributed by atoms with Gasteiger partial charge in [-0.05, 0) is 31.5 Å². The third kappa shape index (κ3) is 5.43. The molecule has 3 atom stereocenters. The topological polar surface area (TPSA) is 94.2 Å². The van der Waals surface area contributed by atoms with Gasteiger partial charge in [-0.1, -0.05) is 30.1 Å². The highest BCUT2D eigenvalue weighted by Crippen LogP contribution is 2.29. The summed E-state index contributed by atoms with van der Waals surface area (Å²) in [5.74, 6) is -0.838. The van der Waals surface area contributed by atoms with E-state index in [9.17, 15) is 14.4 Å². The Morgan fingerprint density at radius 3 is 2.41 bits per heavy atom. The molecule has 4 rings (SSSR count). The maximum atomic E-state index is 13.4. The molecule has 0 saturated carbocycles. The summed E-state index contributed by atoms with van der Waals surface area (Å²) in [6, 6.07) is 5.00. The molecule has 11 heteroatoms. The zero-order valence-corrected chi connectivity index (χ0v) is 21.0. The van der Waals surface area contributed by atoms with Gasteiger partial charge in [0.05, 0.1) is 13.2 Å². The van der Waals surface area contributed by atoms with Crippen LogP contribution in [0.1, 0.15) is 20.3 Å². The van der Waals surface area contributed by atoms with Gasteiger partial charge in [-0.2, -0.15) is 0 Å². The largest absolute Gasteiger partial charge is 0.379 e. The van der Waals surface area contributed by atoms with Gasteiger partial charge in [0.1, 0.15) is 5.54 Å². The van der Waals surface area contributed by atoms with E-state index in [1.807, 2.05) is 24.0 Å². The summed E-state index contributed by atoms with van der Waals surface area (Å²) in [6.45, 7) is 8.51. The normalized spacial score (nSPS) is 26.9. The lowest BCUT2D eigenvalue weighted by Crippen LogP contribution is -2.59. The number of carbonyl (C=O) groups excluding carboxylic acids is 3. The number of halogens is 2. The number of urea groups is 1. The summed E-state index contributed by atoms with van der Waals surface area (Å²) in [4.78, 5) is 44.4. The predicted octanol–water partition coefficient (Wildman–Crippen LogP) is 1.97. The molecule has 4 amide bonds. The molecule has 1 aromatic rings. The minimum absolute atomic E-state index is 0.0223. The maximum Gasteiger partial charge on any atom is 0.322 e. The van der Waals surface area contributed by atoms with E-state index >= 15 is 0 Å². The van der Waals surface area contributed by atoms with Gasteiger partial charge in [0.2, 0.25) is 5.91 Å². The van der Waals surface area contributed by atoms with Crippen LogP contribution >= 0.6 is 23.2 Å². The number of hydrogen-bond donors (Lipinski definition) is 2.